The topological polar surface area (TPSA) is 64.0 Å². The summed E-state index contributed by atoms with van der Waals surface area (Å²) in [6.45, 7) is 1.82. The van der Waals surface area contributed by atoms with Gasteiger partial charge >= 0.3 is 0 Å². The number of carbonyl (C=O) groups excluding carboxylic acids is 1. The van der Waals surface area contributed by atoms with E-state index in [0.29, 0.717) is 0 Å². The molecule has 5 heteroatoms. The Bertz CT molecular complexity index is 488. The van der Waals surface area contributed by atoms with E-state index in [1.165, 1.54) is 36.4 Å². The number of hydrogen-bond acceptors (Lipinski definition) is 3. The highest BCUT2D eigenvalue weighted by molar-refractivity contribution is 5.75. The molecule has 0 bridgehead atoms. The van der Waals surface area contributed by atoms with Crippen LogP contribution in [0.5, 0.6) is 0 Å². The summed E-state index contributed by atoms with van der Waals surface area (Å²) in [5.74, 6) is -0.118. The highest BCUT2D eigenvalue weighted by Gasteiger charge is 2.15. The lowest BCUT2D eigenvalue weighted by molar-refractivity contribution is -0.122. The lowest BCUT2D eigenvalue weighted by atomic mass is 10.1. The molecule has 1 heterocycles. The van der Waals surface area contributed by atoms with Crippen LogP contribution >= 0.6 is 0 Å². The molecule has 0 aromatic carbocycles. The molecular formula is C14H21N3O2. The average Bonchev–Trinajstić information content (AvgIpc) is 2.62. The third kappa shape index (κ3) is 4.19. The fourth-order valence-electron chi connectivity index (χ4n) is 2.50. The summed E-state index contributed by atoms with van der Waals surface area (Å²) >= 11 is 0. The number of rotatable bonds is 3. The maximum Gasteiger partial charge on any atom is 0.267 e. The summed E-state index contributed by atoms with van der Waals surface area (Å²) in [4.78, 5) is 23.5. The van der Waals surface area contributed by atoms with E-state index >= 15 is 0 Å². The van der Waals surface area contributed by atoms with Gasteiger partial charge in [-0.3, -0.25) is 9.59 Å². The Hall–Kier alpha value is -1.65. The molecule has 1 aliphatic carbocycles. The summed E-state index contributed by atoms with van der Waals surface area (Å²) in [6, 6.07) is 3.36. The molecule has 1 N–H and O–H groups in total. The quantitative estimate of drug-likeness (QED) is 0.838. The third-order valence-corrected chi connectivity index (χ3v) is 3.51. The molecule has 1 fully saturated rings. The van der Waals surface area contributed by atoms with E-state index in [2.05, 4.69) is 10.4 Å². The normalized spacial score (nSPS) is 16.9. The maximum absolute atomic E-state index is 11.9. The highest BCUT2D eigenvalue weighted by atomic mass is 16.2. The van der Waals surface area contributed by atoms with Crippen LogP contribution in [0.1, 0.15) is 44.2 Å². The van der Waals surface area contributed by atoms with Crippen molar-refractivity contribution in [3.05, 3.63) is 28.2 Å². The zero-order valence-corrected chi connectivity index (χ0v) is 11.4. The summed E-state index contributed by atoms with van der Waals surface area (Å²) in [6.07, 6.45) is 6.95. The van der Waals surface area contributed by atoms with Crippen molar-refractivity contribution in [2.75, 3.05) is 0 Å². The van der Waals surface area contributed by atoms with Gasteiger partial charge in [-0.15, -0.1) is 0 Å². The monoisotopic (exact) mass is 263 g/mol. The van der Waals surface area contributed by atoms with E-state index in [-0.39, 0.29) is 24.1 Å². The first kappa shape index (κ1) is 13.8. The number of nitrogens with one attached hydrogen (secondary N) is 1. The van der Waals surface area contributed by atoms with E-state index < -0.39 is 0 Å². The number of hydrogen-bond donors (Lipinski definition) is 1. The molecule has 1 amide bonds. The molecule has 5 nitrogen and oxygen atoms in total. The predicted molar refractivity (Wildman–Crippen MR) is 72.9 cm³/mol. The Morgan fingerprint density at radius 2 is 2.00 bits per heavy atom. The van der Waals surface area contributed by atoms with Crippen molar-refractivity contribution >= 4 is 5.91 Å². The molecule has 0 atom stereocenters. The third-order valence-electron chi connectivity index (χ3n) is 3.51. The van der Waals surface area contributed by atoms with Crippen LogP contribution in [0.4, 0.5) is 0 Å². The molecule has 0 unspecified atom stereocenters. The lowest BCUT2D eigenvalue weighted by Gasteiger charge is -2.16. The second-order valence-electron chi connectivity index (χ2n) is 5.23. The molecule has 1 saturated carbocycles. The first-order valence-electron chi connectivity index (χ1n) is 6.99. The molecule has 0 radical (unpaired) electrons. The van der Waals surface area contributed by atoms with Crippen LogP contribution in [-0.2, 0) is 11.3 Å². The Kier molecular flexibility index (Phi) is 4.71. The van der Waals surface area contributed by atoms with E-state index in [1.54, 1.807) is 13.0 Å². The van der Waals surface area contributed by atoms with Crippen molar-refractivity contribution in [2.24, 2.45) is 0 Å². The van der Waals surface area contributed by atoms with Crippen molar-refractivity contribution in [2.45, 2.75) is 58.0 Å². The van der Waals surface area contributed by atoms with Gasteiger partial charge in [0, 0.05) is 12.1 Å². The number of nitrogens with zero attached hydrogens (tertiary/aromatic N) is 2. The minimum Gasteiger partial charge on any atom is -0.352 e. The molecule has 104 valence electrons. The Morgan fingerprint density at radius 3 is 2.68 bits per heavy atom. The van der Waals surface area contributed by atoms with Crippen LogP contribution in [0.2, 0.25) is 0 Å². The molecule has 19 heavy (non-hydrogen) atoms. The molecule has 0 aliphatic heterocycles. The van der Waals surface area contributed by atoms with Gasteiger partial charge in [-0.25, -0.2) is 4.68 Å². The van der Waals surface area contributed by atoms with E-state index in [1.807, 2.05) is 0 Å². The number of amides is 1. The molecule has 2 rings (SSSR count). The zero-order valence-electron chi connectivity index (χ0n) is 11.4. The standard InChI is InChI=1S/C14H21N3O2/c1-11-8-9-14(19)17(16-11)10-13(18)15-12-6-4-2-3-5-7-12/h8-9,12H,2-7,10H2,1H3,(H,15,18). The molecule has 1 aromatic heterocycles. The van der Waals surface area contributed by atoms with E-state index in [4.69, 9.17) is 0 Å². The zero-order chi connectivity index (χ0) is 13.7. The largest absolute Gasteiger partial charge is 0.352 e. The van der Waals surface area contributed by atoms with Crippen LogP contribution in [-0.4, -0.2) is 21.7 Å². The average molecular weight is 263 g/mol. The second-order valence-corrected chi connectivity index (χ2v) is 5.23. The predicted octanol–water partition coefficient (Wildman–Crippen LogP) is 1.39. The first-order valence-corrected chi connectivity index (χ1v) is 6.99. The first-order chi connectivity index (χ1) is 9.15. The highest BCUT2D eigenvalue weighted by Crippen LogP contribution is 2.17. The van der Waals surface area contributed by atoms with Gasteiger partial charge in [0.15, 0.2) is 0 Å². The number of carbonyl (C=O) groups is 1. The number of aromatic nitrogens is 2. The summed E-state index contributed by atoms with van der Waals surface area (Å²) < 4.78 is 1.22. The number of aryl methyl sites for hydroxylation is 1. The molecule has 1 aliphatic rings. The van der Waals surface area contributed by atoms with Gasteiger partial charge in [0.2, 0.25) is 5.91 Å². The van der Waals surface area contributed by atoms with E-state index in [9.17, 15) is 9.59 Å². The minimum absolute atomic E-state index is 0.0109. The van der Waals surface area contributed by atoms with Gasteiger partial charge in [-0.1, -0.05) is 25.7 Å². The van der Waals surface area contributed by atoms with Gasteiger partial charge < -0.3 is 5.32 Å². The Morgan fingerprint density at radius 1 is 1.32 bits per heavy atom. The van der Waals surface area contributed by atoms with Gasteiger partial charge in [-0.2, -0.15) is 5.10 Å². The van der Waals surface area contributed by atoms with Crippen LogP contribution in [0.25, 0.3) is 0 Å². The van der Waals surface area contributed by atoms with Gasteiger partial charge in [0.1, 0.15) is 6.54 Å². The van der Waals surface area contributed by atoms with Crippen molar-refractivity contribution in [3.63, 3.8) is 0 Å². The summed E-state index contributed by atoms with van der Waals surface area (Å²) in [7, 11) is 0. The molecule has 0 spiro atoms. The molecule has 0 saturated heterocycles. The summed E-state index contributed by atoms with van der Waals surface area (Å²) in [5, 5.41) is 7.08. The van der Waals surface area contributed by atoms with Crippen molar-refractivity contribution in [1.82, 2.24) is 15.1 Å². The maximum atomic E-state index is 11.9. The lowest BCUT2D eigenvalue weighted by Crippen LogP contribution is -2.39. The van der Waals surface area contributed by atoms with Crippen LogP contribution in [0.3, 0.4) is 0 Å². The smallest absolute Gasteiger partial charge is 0.267 e. The molecule has 1 aromatic rings. The van der Waals surface area contributed by atoms with Crippen LogP contribution < -0.4 is 10.9 Å². The Labute approximate surface area is 113 Å². The van der Waals surface area contributed by atoms with Crippen LogP contribution in [0, 0.1) is 6.92 Å². The minimum atomic E-state index is -0.235. The van der Waals surface area contributed by atoms with Crippen molar-refractivity contribution < 1.29 is 4.79 Å². The summed E-state index contributed by atoms with van der Waals surface area (Å²) in [5.41, 5.74) is 0.503. The van der Waals surface area contributed by atoms with Crippen LogP contribution in [0.15, 0.2) is 16.9 Å². The fourth-order valence-corrected chi connectivity index (χ4v) is 2.50. The SMILES string of the molecule is Cc1ccc(=O)n(CC(=O)NC2CCCCCC2)n1. The molecular weight excluding hydrogens is 242 g/mol. The van der Waals surface area contributed by atoms with Gasteiger partial charge in [0.05, 0.1) is 5.69 Å². The fraction of sp³-hybridized carbons (Fsp3) is 0.643. The van der Waals surface area contributed by atoms with Gasteiger partial charge in [-0.05, 0) is 25.8 Å². The van der Waals surface area contributed by atoms with Crippen molar-refractivity contribution in [1.29, 1.82) is 0 Å². The second kappa shape index (κ2) is 6.50. The Balaban J connectivity index is 1.93. The van der Waals surface area contributed by atoms with Crippen molar-refractivity contribution in [3.8, 4) is 0 Å². The van der Waals surface area contributed by atoms with Gasteiger partial charge in [0.25, 0.3) is 5.56 Å². The van der Waals surface area contributed by atoms with E-state index in [0.717, 1.165) is 18.5 Å².